The van der Waals surface area contributed by atoms with Crippen LogP contribution >= 0.6 is 0 Å². The van der Waals surface area contributed by atoms with E-state index in [2.05, 4.69) is 10.3 Å². The monoisotopic (exact) mass is 308 g/mol. The second-order valence-electron chi connectivity index (χ2n) is 4.19. The number of carbonyl (C=O) groups is 2. The molecule has 0 unspecified atom stereocenters. The summed E-state index contributed by atoms with van der Waals surface area (Å²) >= 11 is 0. The number of ether oxygens (including phenoxy) is 1. The predicted octanol–water partition coefficient (Wildman–Crippen LogP) is 1.51. The lowest BCUT2D eigenvalue weighted by Crippen LogP contribution is -2.40. The third kappa shape index (κ3) is 4.78. The topological polar surface area (TPSA) is 91.4 Å². The molecule has 9 heteroatoms. The van der Waals surface area contributed by atoms with E-state index in [9.17, 15) is 18.0 Å². The second-order valence-corrected chi connectivity index (χ2v) is 4.19. The number of rotatable bonds is 3. The van der Waals surface area contributed by atoms with E-state index in [1.165, 1.54) is 0 Å². The molecule has 1 aliphatic heterocycles. The summed E-state index contributed by atoms with van der Waals surface area (Å²) in [6.07, 6.45) is -3.29. The van der Waals surface area contributed by atoms with Crippen LogP contribution in [0.4, 0.5) is 13.2 Å². The minimum Gasteiger partial charge on any atom is -0.475 e. The summed E-state index contributed by atoms with van der Waals surface area (Å²) in [6.45, 7) is 4.13. The van der Waals surface area contributed by atoms with E-state index in [0.717, 1.165) is 18.7 Å². The van der Waals surface area contributed by atoms with Crippen molar-refractivity contribution in [2.24, 2.45) is 0 Å². The zero-order chi connectivity index (χ0) is 16.0. The minimum atomic E-state index is -5.08. The maximum absolute atomic E-state index is 11.5. The molecule has 6 nitrogen and oxygen atoms in total. The van der Waals surface area contributed by atoms with Gasteiger partial charge in [-0.3, -0.25) is 0 Å². The van der Waals surface area contributed by atoms with Gasteiger partial charge in [0.15, 0.2) is 0 Å². The highest BCUT2D eigenvalue weighted by Crippen LogP contribution is 2.23. The van der Waals surface area contributed by atoms with Crippen LogP contribution in [-0.2, 0) is 9.53 Å². The van der Waals surface area contributed by atoms with Crippen molar-refractivity contribution in [1.82, 2.24) is 10.3 Å². The third-order valence-electron chi connectivity index (χ3n) is 2.72. The molecule has 0 aliphatic carbocycles. The summed E-state index contributed by atoms with van der Waals surface area (Å²) in [7, 11) is 0. The number of aliphatic carboxylic acids is 1. The lowest BCUT2D eigenvalue weighted by molar-refractivity contribution is -0.192. The maximum Gasteiger partial charge on any atom is 0.490 e. The number of nitrogens with one attached hydrogen (secondary N) is 2. The van der Waals surface area contributed by atoms with Gasteiger partial charge in [0.05, 0.1) is 6.61 Å². The normalized spacial score (nSPS) is 14.7. The van der Waals surface area contributed by atoms with E-state index >= 15 is 0 Å². The molecule has 1 aromatic rings. The van der Waals surface area contributed by atoms with Crippen molar-refractivity contribution in [3.8, 4) is 0 Å². The summed E-state index contributed by atoms with van der Waals surface area (Å²) in [4.78, 5) is 23.3. The van der Waals surface area contributed by atoms with Crippen LogP contribution in [0.3, 0.4) is 0 Å². The fraction of sp³-hybridized carbons (Fsp3) is 0.500. The van der Waals surface area contributed by atoms with Crippen LogP contribution in [0.15, 0.2) is 12.3 Å². The van der Waals surface area contributed by atoms with Crippen LogP contribution in [-0.4, -0.2) is 47.9 Å². The van der Waals surface area contributed by atoms with Crippen molar-refractivity contribution in [2.45, 2.75) is 19.0 Å². The summed E-state index contributed by atoms with van der Waals surface area (Å²) in [5, 5.41) is 10.3. The smallest absolute Gasteiger partial charge is 0.475 e. The number of halogens is 3. The predicted molar refractivity (Wildman–Crippen MR) is 66.1 cm³/mol. The largest absolute Gasteiger partial charge is 0.490 e. The summed E-state index contributed by atoms with van der Waals surface area (Å²) in [6, 6.07) is 1.96. The molecule has 2 heterocycles. The highest BCUT2D eigenvalue weighted by atomic mass is 19.4. The molecule has 1 saturated heterocycles. The first kappa shape index (κ1) is 17.0. The van der Waals surface area contributed by atoms with Crippen LogP contribution in [0.25, 0.3) is 0 Å². The molecule has 21 heavy (non-hydrogen) atoms. The molecule has 2 rings (SSSR count). The number of esters is 1. The van der Waals surface area contributed by atoms with Crippen LogP contribution in [0.5, 0.6) is 0 Å². The Morgan fingerprint density at radius 1 is 1.43 bits per heavy atom. The van der Waals surface area contributed by atoms with Crippen LogP contribution in [0.1, 0.15) is 28.9 Å². The van der Waals surface area contributed by atoms with E-state index in [1.807, 2.05) is 13.0 Å². The third-order valence-corrected chi connectivity index (χ3v) is 2.72. The molecule has 1 aliphatic rings. The summed E-state index contributed by atoms with van der Waals surface area (Å²) in [5.74, 6) is -2.55. The second kappa shape index (κ2) is 7.11. The zero-order valence-corrected chi connectivity index (χ0v) is 11.2. The lowest BCUT2D eigenvalue weighted by Gasteiger charge is -2.27. The standard InChI is InChI=1S/C10H14N2O2.C2HF3O2/c1-2-14-10(13)9-8(3-4-12-9)7-5-11-6-7;3-2(4,5)1(6)7/h3-4,7,11-12H,2,5-6H2,1H3;(H,6,7). The number of hydrogen-bond donors (Lipinski definition) is 3. The van der Waals surface area contributed by atoms with Crippen LogP contribution < -0.4 is 5.32 Å². The Morgan fingerprint density at radius 3 is 2.38 bits per heavy atom. The molecule has 118 valence electrons. The van der Waals surface area contributed by atoms with Crippen LogP contribution in [0.2, 0.25) is 0 Å². The van der Waals surface area contributed by atoms with Crippen molar-refractivity contribution in [3.63, 3.8) is 0 Å². The van der Waals surface area contributed by atoms with Gasteiger partial charge in [0.2, 0.25) is 0 Å². The first-order valence-corrected chi connectivity index (χ1v) is 6.12. The molecule has 0 aromatic carbocycles. The first-order chi connectivity index (χ1) is 9.77. The Morgan fingerprint density at radius 2 is 2.00 bits per heavy atom. The lowest BCUT2D eigenvalue weighted by atomic mass is 9.94. The molecular formula is C12H15F3N2O4. The molecule has 3 N–H and O–H groups in total. The maximum atomic E-state index is 11.5. The van der Waals surface area contributed by atoms with Crippen LogP contribution in [0, 0.1) is 0 Å². The van der Waals surface area contributed by atoms with E-state index in [0.29, 0.717) is 18.2 Å². The summed E-state index contributed by atoms with van der Waals surface area (Å²) in [5.41, 5.74) is 1.68. The number of alkyl halides is 3. The Bertz CT molecular complexity index is 495. The molecule has 1 fully saturated rings. The molecule has 0 atom stereocenters. The number of carboxylic acid groups (broad SMARTS) is 1. The number of aromatic amines is 1. The number of H-pyrrole nitrogens is 1. The molecule has 0 saturated carbocycles. The molecule has 0 spiro atoms. The Labute approximate surface area is 118 Å². The van der Waals surface area contributed by atoms with Gasteiger partial charge in [0, 0.05) is 25.2 Å². The van der Waals surface area contributed by atoms with Gasteiger partial charge < -0.3 is 20.1 Å². The van der Waals surface area contributed by atoms with Crippen molar-refractivity contribution < 1.29 is 32.6 Å². The van der Waals surface area contributed by atoms with Crippen molar-refractivity contribution >= 4 is 11.9 Å². The molecular weight excluding hydrogens is 293 g/mol. The Balaban J connectivity index is 0.000000270. The molecule has 0 radical (unpaired) electrons. The van der Waals surface area contributed by atoms with Gasteiger partial charge in [-0.05, 0) is 18.6 Å². The number of carboxylic acids is 1. The molecule has 0 amide bonds. The van der Waals surface area contributed by atoms with E-state index in [1.54, 1.807) is 6.20 Å². The number of hydrogen-bond acceptors (Lipinski definition) is 4. The van der Waals surface area contributed by atoms with E-state index < -0.39 is 12.1 Å². The SMILES string of the molecule is CCOC(=O)c1[nH]ccc1C1CNC1.O=C(O)C(F)(F)F. The van der Waals surface area contributed by atoms with Gasteiger partial charge >= 0.3 is 18.1 Å². The van der Waals surface area contributed by atoms with Gasteiger partial charge in [-0.2, -0.15) is 13.2 Å². The van der Waals surface area contributed by atoms with E-state index in [-0.39, 0.29) is 5.97 Å². The van der Waals surface area contributed by atoms with Gasteiger partial charge in [-0.15, -0.1) is 0 Å². The average molecular weight is 308 g/mol. The van der Waals surface area contributed by atoms with Crippen molar-refractivity contribution in [3.05, 3.63) is 23.5 Å². The number of aromatic nitrogens is 1. The molecule has 1 aromatic heterocycles. The highest BCUT2D eigenvalue weighted by Gasteiger charge is 2.38. The fourth-order valence-corrected chi connectivity index (χ4v) is 1.61. The average Bonchev–Trinajstić information content (AvgIpc) is 2.75. The fourth-order valence-electron chi connectivity index (χ4n) is 1.61. The highest BCUT2D eigenvalue weighted by molar-refractivity contribution is 5.89. The Hall–Kier alpha value is -2.03. The van der Waals surface area contributed by atoms with E-state index in [4.69, 9.17) is 14.6 Å². The van der Waals surface area contributed by atoms with Crippen molar-refractivity contribution in [1.29, 1.82) is 0 Å². The Kier molecular flexibility index (Phi) is 5.77. The first-order valence-electron chi connectivity index (χ1n) is 6.12. The van der Waals surface area contributed by atoms with Crippen molar-refractivity contribution in [2.75, 3.05) is 19.7 Å². The van der Waals surface area contributed by atoms with Gasteiger partial charge in [-0.25, -0.2) is 9.59 Å². The number of carbonyl (C=O) groups excluding carboxylic acids is 1. The molecule has 0 bridgehead atoms. The van der Waals surface area contributed by atoms with Gasteiger partial charge in [0.25, 0.3) is 0 Å². The summed E-state index contributed by atoms with van der Waals surface area (Å²) < 4.78 is 36.7. The van der Waals surface area contributed by atoms with Gasteiger partial charge in [0.1, 0.15) is 5.69 Å². The minimum absolute atomic E-state index is 0.251. The quantitative estimate of drug-likeness (QED) is 0.736. The van der Waals surface area contributed by atoms with Gasteiger partial charge in [-0.1, -0.05) is 0 Å². The zero-order valence-electron chi connectivity index (χ0n) is 11.2.